The minimum absolute atomic E-state index is 0.180. The number of ether oxygens (including phenoxy) is 1. The van der Waals surface area contributed by atoms with Crippen LogP contribution in [0.3, 0.4) is 0 Å². The molecule has 1 heterocycles. The number of methoxy groups -OCH3 is 1. The SMILES string of the molecule is CCn1c(CNC(=O)NCCCOC)nc2ccccc21. The molecule has 0 aliphatic heterocycles. The molecule has 1 aromatic carbocycles. The lowest BCUT2D eigenvalue weighted by Crippen LogP contribution is -2.36. The summed E-state index contributed by atoms with van der Waals surface area (Å²) in [5, 5.41) is 5.63. The molecule has 0 atom stereocenters. The number of nitrogens with one attached hydrogen (secondary N) is 2. The number of hydrogen-bond donors (Lipinski definition) is 2. The predicted octanol–water partition coefficient (Wildman–Crippen LogP) is 1.89. The Balaban J connectivity index is 1.92. The van der Waals surface area contributed by atoms with Gasteiger partial charge in [-0.2, -0.15) is 0 Å². The standard InChI is InChI=1S/C15H22N4O2/c1-3-19-13-8-5-4-7-12(13)18-14(19)11-17-15(20)16-9-6-10-21-2/h4-5,7-8H,3,6,9-11H2,1-2H3,(H2,16,17,20). The lowest BCUT2D eigenvalue weighted by Gasteiger charge is -2.09. The van der Waals surface area contributed by atoms with E-state index < -0.39 is 0 Å². The third-order valence-electron chi connectivity index (χ3n) is 3.27. The number of aryl methyl sites for hydroxylation is 1. The summed E-state index contributed by atoms with van der Waals surface area (Å²) < 4.78 is 7.04. The first-order chi connectivity index (χ1) is 10.3. The number of hydrogen-bond acceptors (Lipinski definition) is 3. The second-order valence-corrected chi connectivity index (χ2v) is 4.72. The van der Waals surface area contributed by atoms with Crippen LogP contribution >= 0.6 is 0 Å². The van der Waals surface area contributed by atoms with Gasteiger partial charge in [0.1, 0.15) is 5.82 Å². The zero-order valence-corrected chi connectivity index (χ0v) is 12.6. The lowest BCUT2D eigenvalue weighted by atomic mass is 10.3. The van der Waals surface area contributed by atoms with E-state index in [-0.39, 0.29) is 6.03 Å². The molecule has 0 aliphatic carbocycles. The third kappa shape index (κ3) is 3.95. The number of carbonyl (C=O) groups is 1. The summed E-state index contributed by atoms with van der Waals surface area (Å²) in [6, 6.07) is 7.81. The van der Waals surface area contributed by atoms with Gasteiger partial charge in [0.15, 0.2) is 0 Å². The number of aromatic nitrogens is 2. The number of imidazole rings is 1. The summed E-state index contributed by atoms with van der Waals surface area (Å²) in [4.78, 5) is 16.3. The van der Waals surface area contributed by atoms with Crippen molar-refractivity contribution in [3.8, 4) is 0 Å². The number of rotatable bonds is 7. The van der Waals surface area contributed by atoms with E-state index in [1.165, 1.54) is 0 Å². The van der Waals surface area contributed by atoms with Crippen molar-refractivity contribution in [1.29, 1.82) is 0 Å². The molecule has 0 fully saturated rings. The minimum atomic E-state index is -0.180. The molecule has 2 amide bonds. The number of benzene rings is 1. The molecular formula is C15H22N4O2. The lowest BCUT2D eigenvalue weighted by molar-refractivity contribution is 0.193. The van der Waals surface area contributed by atoms with Gasteiger partial charge < -0.3 is 19.9 Å². The fraction of sp³-hybridized carbons (Fsp3) is 0.467. The maximum atomic E-state index is 11.7. The van der Waals surface area contributed by atoms with Gasteiger partial charge in [-0.15, -0.1) is 0 Å². The molecule has 114 valence electrons. The van der Waals surface area contributed by atoms with Crippen LogP contribution in [-0.4, -0.2) is 35.8 Å². The average Bonchev–Trinajstić information content (AvgIpc) is 2.87. The fourth-order valence-electron chi connectivity index (χ4n) is 2.25. The third-order valence-corrected chi connectivity index (χ3v) is 3.27. The molecule has 0 saturated heterocycles. The van der Waals surface area contributed by atoms with E-state index in [9.17, 15) is 4.79 Å². The maximum absolute atomic E-state index is 11.7. The van der Waals surface area contributed by atoms with E-state index in [1.54, 1.807) is 7.11 Å². The van der Waals surface area contributed by atoms with Crippen LogP contribution < -0.4 is 10.6 Å². The first kappa shape index (κ1) is 15.3. The summed E-state index contributed by atoms with van der Waals surface area (Å²) in [5.41, 5.74) is 2.05. The van der Waals surface area contributed by atoms with Crippen molar-refractivity contribution >= 4 is 17.1 Å². The van der Waals surface area contributed by atoms with Crippen LogP contribution in [0.5, 0.6) is 0 Å². The zero-order valence-electron chi connectivity index (χ0n) is 12.6. The Kier molecular flexibility index (Phi) is 5.57. The van der Waals surface area contributed by atoms with Gasteiger partial charge in [-0.3, -0.25) is 0 Å². The highest BCUT2D eigenvalue weighted by Gasteiger charge is 2.09. The molecule has 6 heteroatoms. The van der Waals surface area contributed by atoms with E-state index in [0.29, 0.717) is 19.7 Å². The van der Waals surface area contributed by atoms with Crippen LogP contribution in [0.1, 0.15) is 19.2 Å². The molecule has 2 rings (SSSR count). The van der Waals surface area contributed by atoms with Crippen LogP contribution in [0.15, 0.2) is 24.3 Å². The van der Waals surface area contributed by atoms with Crippen molar-refractivity contribution in [3.63, 3.8) is 0 Å². The summed E-state index contributed by atoms with van der Waals surface area (Å²) in [5.74, 6) is 0.866. The highest BCUT2D eigenvalue weighted by atomic mass is 16.5. The molecule has 0 saturated carbocycles. The van der Waals surface area contributed by atoms with E-state index in [0.717, 1.165) is 29.8 Å². The first-order valence-corrected chi connectivity index (χ1v) is 7.21. The molecule has 0 spiro atoms. The molecule has 0 radical (unpaired) electrons. The molecule has 0 aliphatic rings. The highest BCUT2D eigenvalue weighted by molar-refractivity contribution is 5.76. The van der Waals surface area contributed by atoms with Gasteiger partial charge in [0.2, 0.25) is 0 Å². The van der Waals surface area contributed by atoms with Crippen molar-refractivity contribution in [2.75, 3.05) is 20.3 Å². The molecule has 0 unspecified atom stereocenters. The Morgan fingerprint density at radius 1 is 1.33 bits per heavy atom. The van der Waals surface area contributed by atoms with Gasteiger partial charge in [-0.1, -0.05) is 12.1 Å². The minimum Gasteiger partial charge on any atom is -0.385 e. The average molecular weight is 290 g/mol. The van der Waals surface area contributed by atoms with Crippen molar-refractivity contribution in [2.45, 2.75) is 26.4 Å². The first-order valence-electron chi connectivity index (χ1n) is 7.21. The topological polar surface area (TPSA) is 68.2 Å². The van der Waals surface area contributed by atoms with Gasteiger partial charge in [-0.05, 0) is 25.5 Å². The fourth-order valence-corrected chi connectivity index (χ4v) is 2.25. The number of para-hydroxylation sites is 2. The van der Waals surface area contributed by atoms with Gasteiger partial charge in [0.05, 0.1) is 17.6 Å². The predicted molar refractivity (Wildman–Crippen MR) is 82.1 cm³/mol. The number of urea groups is 1. The molecule has 6 nitrogen and oxygen atoms in total. The summed E-state index contributed by atoms with van der Waals surface area (Å²) >= 11 is 0. The van der Waals surface area contributed by atoms with Crippen LogP contribution in [0.4, 0.5) is 4.79 Å². The summed E-state index contributed by atoms with van der Waals surface area (Å²) in [6.07, 6.45) is 0.803. The second-order valence-electron chi connectivity index (χ2n) is 4.72. The molecule has 1 aromatic heterocycles. The Bertz CT molecular complexity index is 594. The van der Waals surface area contributed by atoms with Gasteiger partial charge >= 0.3 is 6.03 Å². The number of amides is 2. The van der Waals surface area contributed by atoms with E-state index in [4.69, 9.17) is 4.74 Å². The monoisotopic (exact) mass is 290 g/mol. The van der Waals surface area contributed by atoms with Crippen molar-refractivity contribution in [2.24, 2.45) is 0 Å². The van der Waals surface area contributed by atoms with Crippen LogP contribution in [-0.2, 0) is 17.8 Å². The van der Waals surface area contributed by atoms with Crippen molar-refractivity contribution in [3.05, 3.63) is 30.1 Å². The van der Waals surface area contributed by atoms with Gasteiger partial charge in [0, 0.05) is 26.8 Å². The van der Waals surface area contributed by atoms with Gasteiger partial charge in [-0.25, -0.2) is 9.78 Å². The second kappa shape index (κ2) is 7.64. The van der Waals surface area contributed by atoms with E-state index >= 15 is 0 Å². The van der Waals surface area contributed by atoms with Gasteiger partial charge in [0.25, 0.3) is 0 Å². The number of fused-ring (bicyclic) bond motifs is 1. The molecule has 21 heavy (non-hydrogen) atoms. The Morgan fingerprint density at radius 2 is 2.14 bits per heavy atom. The van der Waals surface area contributed by atoms with Crippen LogP contribution in [0.25, 0.3) is 11.0 Å². The Labute approximate surface area is 124 Å². The van der Waals surface area contributed by atoms with Crippen LogP contribution in [0.2, 0.25) is 0 Å². The van der Waals surface area contributed by atoms with Crippen molar-refractivity contribution < 1.29 is 9.53 Å². The van der Waals surface area contributed by atoms with E-state index in [2.05, 4.69) is 27.1 Å². The number of carbonyl (C=O) groups excluding carboxylic acids is 1. The maximum Gasteiger partial charge on any atom is 0.315 e. The Morgan fingerprint density at radius 3 is 2.90 bits per heavy atom. The number of nitrogens with zero attached hydrogens (tertiary/aromatic N) is 2. The quantitative estimate of drug-likeness (QED) is 0.765. The molecular weight excluding hydrogens is 268 g/mol. The highest BCUT2D eigenvalue weighted by Crippen LogP contribution is 2.15. The molecule has 2 aromatic rings. The van der Waals surface area contributed by atoms with E-state index in [1.807, 2.05) is 24.3 Å². The molecule has 0 bridgehead atoms. The smallest absolute Gasteiger partial charge is 0.315 e. The Hall–Kier alpha value is -2.08. The normalized spacial score (nSPS) is 10.8. The summed E-state index contributed by atoms with van der Waals surface area (Å²) in [7, 11) is 1.65. The largest absolute Gasteiger partial charge is 0.385 e. The van der Waals surface area contributed by atoms with Crippen LogP contribution in [0, 0.1) is 0 Å². The van der Waals surface area contributed by atoms with Crippen molar-refractivity contribution in [1.82, 2.24) is 20.2 Å². The molecule has 2 N–H and O–H groups in total. The summed E-state index contributed by atoms with van der Waals surface area (Å²) in [6.45, 7) is 4.56. The zero-order chi connectivity index (χ0) is 15.1.